The minimum Gasteiger partial charge on any atom is -0.387 e. The van der Waals surface area contributed by atoms with E-state index in [1.807, 2.05) is 13.8 Å². The second kappa shape index (κ2) is 7.36. The summed E-state index contributed by atoms with van der Waals surface area (Å²) >= 11 is 5.95. The fourth-order valence-electron chi connectivity index (χ4n) is 1.75. The lowest BCUT2D eigenvalue weighted by Gasteiger charge is -2.22. The van der Waals surface area contributed by atoms with Gasteiger partial charge in [0.15, 0.2) is 0 Å². The lowest BCUT2D eigenvalue weighted by molar-refractivity contribution is 0.0867. The Morgan fingerprint density at radius 3 is 2.63 bits per heavy atom. The molecule has 106 valence electrons. The highest BCUT2D eigenvalue weighted by Gasteiger charge is 2.19. The van der Waals surface area contributed by atoms with Gasteiger partial charge in [-0.3, -0.25) is 4.79 Å². The van der Waals surface area contributed by atoms with E-state index >= 15 is 0 Å². The molecule has 0 aliphatic carbocycles. The number of rotatable bonds is 6. The van der Waals surface area contributed by atoms with Gasteiger partial charge < -0.3 is 15.4 Å². The van der Waals surface area contributed by atoms with Crippen LogP contribution in [-0.4, -0.2) is 32.7 Å². The van der Waals surface area contributed by atoms with Gasteiger partial charge in [-0.15, -0.1) is 0 Å². The van der Waals surface area contributed by atoms with Crippen LogP contribution < -0.4 is 10.6 Å². The second-order valence-electron chi connectivity index (χ2n) is 4.72. The quantitative estimate of drug-likeness (QED) is 0.844. The van der Waals surface area contributed by atoms with Gasteiger partial charge in [0.25, 0.3) is 5.91 Å². The van der Waals surface area contributed by atoms with Crippen molar-refractivity contribution in [3.63, 3.8) is 0 Å². The van der Waals surface area contributed by atoms with Gasteiger partial charge in [0.05, 0.1) is 18.2 Å². The first-order chi connectivity index (χ1) is 8.99. The maximum Gasteiger partial charge on any atom is 0.253 e. The number of benzene rings is 1. The maximum absolute atomic E-state index is 12.3. The van der Waals surface area contributed by atoms with Gasteiger partial charge in [0.2, 0.25) is 0 Å². The summed E-state index contributed by atoms with van der Waals surface area (Å²) in [5, 5.41) is 6.50. The number of anilines is 1. The zero-order valence-corrected chi connectivity index (χ0v) is 12.5. The fourth-order valence-corrected chi connectivity index (χ4v) is 1.92. The van der Waals surface area contributed by atoms with Crippen LogP contribution in [0.2, 0.25) is 5.02 Å². The summed E-state index contributed by atoms with van der Waals surface area (Å²) in [6, 6.07) is 5.17. The number of carbonyl (C=O) groups is 1. The van der Waals surface area contributed by atoms with E-state index in [0.717, 1.165) is 5.69 Å². The molecule has 5 heteroatoms. The van der Waals surface area contributed by atoms with E-state index in [0.29, 0.717) is 23.1 Å². The van der Waals surface area contributed by atoms with Crippen molar-refractivity contribution in [2.75, 3.05) is 26.1 Å². The monoisotopic (exact) mass is 284 g/mol. The van der Waals surface area contributed by atoms with Crippen LogP contribution in [0, 0.1) is 5.92 Å². The summed E-state index contributed by atoms with van der Waals surface area (Å²) in [7, 11) is 3.40. The first-order valence-electron chi connectivity index (χ1n) is 6.26. The van der Waals surface area contributed by atoms with Crippen LogP contribution in [0.15, 0.2) is 18.2 Å². The molecular weight excluding hydrogens is 264 g/mol. The standard InChI is InChI=1S/C14H21ClN2O2/c1-9(2)13(8-19-4)17-14(18)11-7-10(15)5-6-12(11)16-3/h5-7,9,13,16H,8H2,1-4H3,(H,17,18). The van der Waals surface area contributed by atoms with Crippen LogP contribution in [0.1, 0.15) is 24.2 Å². The van der Waals surface area contributed by atoms with Gasteiger partial charge in [-0.1, -0.05) is 25.4 Å². The minimum absolute atomic E-state index is 0.0267. The number of halogens is 1. The third-order valence-electron chi connectivity index (χ3n) is 2.96. The molecule has 1 amide bonds. The van der Waals surface area contributed by atoms with E-state index in [-0.39, 0.29) is 11.9 Å². The van der Waals surface area contributed by atoms with Crippen LogP contribution in [0.4, 0.5) is 5.69 Å². The van der Waals surface area contributed by atoms with Crippen molar-refractivity contribution < 1.29 is 9.53 Å². The number of hydrogen-bond acceptors (Lipinski definition) is 3. The minimum atomic E-state index is -0.150. The van der Waals surface area contributed by atoms with E-state index in [2.05, 4.69) is 10.6 Å². The van der Waals surface area contributed by atoms with E-state index in [1.54, 1.807) is 32.4 Å². The maximum atomic E-state index is 12.3. The Morgan fingerprint density at radius 2 is 2.11 bits per heavy atom. The molecule has 1 rings (SSSR count). The Labute approximate surface area is 119 Å². The highest BCUT2D eigenvalue weighted by molar-refractivity contribution is 6.31. The molecule has 0 fully saturated rings. The third kappa shape index (κ3) is 4.40. The Bertz CT molecular complexity index is 435. The van der Waals surface area contributed by atoms with E-state index < -0.39 is 0 Å². The third-order valence-corrected chi connectivity index (χ3v) is 3.20. The van der Waals surface area contributed by atoms with E-state index in [9.17, 15) is 4.79 Å². The Balaban J connectivity index is 2.90. The summed E-state index contributed by atoms with van der Waals surface area (Å²) in [5.74, 6) is 0.142. The number of methoxy groups -OCH3 is 1. The molecule has 0 spiro atoms. The van der Waals surface area contributed by atoms with Crippen molar-refractivity contribution in [3.8, 4) is 0 Å². The van der Waals surface area contributed by atoms with Crippen molar-refractivity contribution in [1.82, 2.24) is 5.32 Å². The first kappa shape index (κ1) is 15.8. The van der Waals surface area contributed by atoms with Crippen LogP contribution in [0.3, 0.4) is 0 Å². The van der Waals surface area contributed by atoms with Crippen molar-refractivity contribution in [1.29, 1.82) is 0 Å². The van der Waals surface area contributed by atoms with Gasteiger partial charge in [-0.25, -0.2) is 0 Å². The molecular formula is C14H21ClN2O2. The van der Waals surface area contributed by atoms with Gasteiger partial charge in [0, 0.05) is 24.9 Å². The lowest BCUT2D eigenvalue weighted by Crippen LogP contribution is -2.41. The van der Waals surface area contributed by atoms with E-state index in [4.69, 9.17) is 16.3 Å². The zero-order valence-electron chi connectivity index (χ0n) is 11.8. The molecule has 1 atom stereocenters. The Morgan fingerprint density at radius 1 is 1.42 bits per heavy atom. The number of carbonyl (C=O) groups excluding carboxylic acids is 1. The summed E-state index contributed by atoms with van der Waals surface area (Å²) < 4.78 is 5.13. The molecule has 0 bridgehead atoms. The van der Waals surface area contributed by atoms with Gasteiger partial charge >= 0.3 is 0 Å². The lowest BCUT2D eigenvalue weighted by atomic mass is 10.0. The summed E-state index contributed by atoms with van der Waals surface area (Å²) in [6.45, 7) is 4.57. The van der Waals surface area contributed by atoms with Gasteiger partial charge in [-0.05, 0) is 24.1 Å². The van der Waals surface area contributed by atoms with Crippen molar-refractivity contribution in [2.45, 2.75) is 19.9 Å². The highest BCUT2D eigenvalue weighted by atomic mass is 35.5. The van der Waals surface area contributed by atoms with Gasteiger partial charge in [-0.2, -0.15) is 0 Å². The molecule has 2 N–H and O–H groups in total. The van der Waals surface area contributed by atoms with Crippen LogP contribution >= 0.6 is 11.6 Å². The second-order valence-corrected chi connectivity index (χ2v) is 5.16. The summed E-state index contributed by atoms with van der Waals surface area (Å²) in [5.41, 5.74) is 1.29. The van der Waals surface area contributed by atoms with Gasteiger partial charge in [0.1, 0.15) is 0 Å². The molecule has 1 aromatic carbocycles. The van der Waals surface area contributed by atoms with Crippen molar-refractivity contribution >= 4 is 23.2 Å². The molecule has 0 saturated carbocycles. The molecule has 0 aromatic heterocycles. The average molecular weight is 285 g/mol. The van der Waals surface area contributed by atoms with E-state index in [1.165, 1.54) is 0 Å². The average Bonchev–Trinajstić information content (AvgIpc) is 2.37. The topological polar surface area (TPSA) is 50.4 Å². The number of hydrogen-bond donors (Lipinski definition) is 2. The molecule has 0 heterocycles. The molecule has 0 aliphatic rings. The molecule has 0 aliphatic heterocycles. The Kier molecular flexibility index (Phi) is 6.12. The number of amides is 1. The predicted octanol–water partition coefficient (Wildman–Crippen LogP) is 2.78. The fraction of sp³-hybridized carbons (Fsp3) is 0.500. The highest BCUT2D eigenvalue weighted by Crippen LogP contribution is 2.20. The molecule has 1 unspecified atom stereocenters. The number of nitrogens with one attached hydrogen (secondary N) is 2. The van der Waals surface area contributed by atoms with Crippen molar-refractivity contribution in [2.24, 2.45) is 5.92 Å². The smallest absolute Gasteiger partial charge is 0.253 e. The predicted molar refractivity (Wildman–Crippen MR) is 79.0 cm³/mol. The van der Waals surface area contributed by atoms with Crippen LogP contribution in [0.5, 0.6) is 0 Å². The number of ether oxygens (including phenoxy) is 1. The molecule has 0 radical (unpaired) electrons. The largest absolute Gasteiger partial charge is 0.387 e. The SMILES string of the molecule is CNc1ccc(Cl)cc1C(=O)NC(COC)C(C)C. The summed E-state index contributed by atoms with van der Waals surface area (Å²) in [4.78, 5) is 12.3. The normalized spacial score (nSPS) is 12.3. The summed E-state index contributed by atoms with van der Waals surface area (Å²) in [6.07, 6.45) is 0. The van der Waals surface area contributed by atoms with Crippen molar-refractivity contribution in [3.05, 3.63) is 28.8 Å². The van der Waals surface area contributed by atoms with Crippen LogP contribution in [-0.2, 0) is 4.74 Å². The molecule has 0 saturated heterocycles. The molecule has 1 aromatic rings. The zero-order chi connectivity index (χ0) is 14.4. The Hall–Kier alpha value is -1.26. The molecule has 4 nitrogen and oxygen atoms in total. The first-order valence-corrected chi connectivity index (χ1v) is 6.64. The van der Waals surface area contributed by atoms with Crippen LogP contribution in [0.25, 0.3) is 0 Å². The molecule has 19 heavy (non-hydrogen) atoms.